The maximum atomic E-state index is 5.72. The molecule has 0 aliphatic carbocycles. The standard InChI is InChI=1S/C25H25N3OS/c1-29-22-13-12-21-24(30-25(28-21)18-10-6-3-7-11-18)19(22)16-27-20-14-15-26-23(20)17-8-4-2-5-9-17/h2-13,20,23,26-27H,14-16H2,1H3. The molecule has 5 heteroatoms. The van der Waals surface area contributed by atoms with Crippen molar-refractivity contribution in [1.82, 2.24) is 15.6 Å². The topological polar surface area (TPSA) is 46.2 Å². The maximum Gasteiger partial charge on any atom is 0.124 e. The summed E-state index contributed by atoms with van der Waals surface area (Å²) in [7, 11) is 1.74. The molecule has 1 aromatic heterocycles. The quantitative estimate of drug-likeness (QED) is 0.456. The summed E-state index contributed by atoms with van der Waals surface area (Å²) in [6.07, 6.45) is 1.11. The van der Waals surface area contributed by atoms with Crippen LogP contribution in [0.4, 0.5) is 0 Å². The van der Waals surface area contributed by atoms with Gasteiger partial charge in [0.25, 0.3) is 0 Å². The SMILES string of the molecule is COc1ccc2nc(-c3ccccc3)sc2c1CNC1CCNC1c1ccccc1. The van der Waals surface area contributed by atoms with E-state index in [1.165, 1.54) is 15.8 Å². The van der Waals surface area contributed by atoms with Gasteiger partial charge in [-0.25, -0.2) is 4.98 Å². The van der Waals surface area contributed by atoms with Crippen molar-refractivity contribution in [2.45, 2.75) is 25.0 Å². The number of ether oxygens (including phenoxy) is 1. The van der Waals surface area contributed by atoms with E-state index in [1.54, 1.807) is 18.4 Å². The molecule has 4 nitrogen and oxygen atoms in total. The number of hydrogen-bond acceptors (Lipinski definition) is 5. The summed E-state index contributed by atoms with van der Waals surface area (Å²) >= 11 is 1.74. The molecule has 0 bridgehead atoms. The minimum absolute atomic E-state index is 0.331. The third-order valence-electron chi connectivity index (χ3n) is 5.78. The van der Waals surface area contributed by atoms with Gasteiger partial charge in [0.1, 0.15) is 10.8 Å². The van der Waals surface area contributed by atoms with Crippen molar-refractivity contribution in [2.75, 3.05) is 13.7 Å². The van der Waals surface area contributed by atoms with Crippen molar-refractivity contribution >= 4 is 21.6 Å². The summed E-state index contributed by atoms with van der Waals surface area (Å²) in [6.45, 7) is 1.78. The molecule has 1 saturated heterocycles. The number of hydrogen-bond donors (Lipinski definition) is 2. The second-order valence-electron chi connectivity index (χ2n) is 7.60. The van der Waals surface area contributed by atoms with Gasteiger partial charge in [-0.15, -0.1) is 11.3 Å². The van der Waals surface area contributed by atoms with Gasteiger partial charge in [-0.05, 0) is 30.7 Å². The van der Waals surface area contributed by atoms with Crippen LogP contribution in [0.5, 0.6) is 5.75 Å². The number of thiazole rings is 1. The summed E-state index contributed by atoms with van der Waals surface area (Å²) < 4.78 is 6.92. The van der Waals surface area contributed by atoms with Gasteiger partial charge in [-0.3, -0.25) is 0 Å². The molecule has 2 heterocycles. The normalized spacial score (nSPS) is 18.7. The van der Waals surface area contributed by atoms with E-state index in [4.69, 9.17) is 9.72 Å². The highest BCUT2D eigenvalue weighted by Crippen LogP contribution is 2.36. The van der Waals surface area contributed by atoms with E-state index in [0.29, 0.717) is 12.1 Å². The number of nitrogens with one attached hydrogen (secondary N) is 2. The summed E-state index contributed by atoms with van der Waals surface area (Å²) in [4.78, 5) is 4.88. The molecule has 0 amide bonds. The molecule has 2 atom stereocenters. The molecule has 2 N–H and O–H groups in total. The molecule has 0 spiro atoms. The Morgan fingerprint density at radius 1 is 1.03 bits per heavy atom. The molecule has 2 unspecified atom stereocenters. The Bertz CT molecular complexity index is 1130. The zero-order valence-corrected chi connectivity index (χ0v) is 17.8. The highest BCUT2D eigenvalue weighted by molar-refractivity contribution is 7.21. The molecule has 1 fully saturated rings. The lowest BCUT2D eigenvalue weighted by Crippen LogP contribution is -2.34. The van der Waals surface area contributed by atoms with Crippen molar-refractivity contribution in [3.63, 3.8) is 0 Å². The minimum atomic E-state index is 0.331. The fourth-order valence-corrected chi connectivity index (χ4v) is 5.36. The lowest BCUT2D eigenvalue weighted by atomic mass is 10.0. The number of aromatic nitrogens is 1. The van der Waals surface area contributed by atoms with Crippen LogP contribution >= 0.6 is 11.3 Å². The summed E-state index contributed by atoms with van der Waals surface area (Å²) in [5, 5.41) is 8.49. The minimum Gasteiger partial charge on any atom is -0.496 e. The van der Waals surface area contributed by atoms with E-state index in [0.717, 1.165) is 41.3 Å². The Hall–Kier alpha value is -2.73. The molecule has 30 heavy (non-hydrogen) atoms. The summed E-state index contributed by atoms with van der Waals surface area (Å²) in [6, 6.07) is 25.9. The average molecular weight is 416 g/mol. The lowest BCUT2D eigenvalue weighted by Gasteiger charge is -2.22. The van der Waals surface area contributed by atoms with Crippen molar-refractivity contribution < 1.29 is 4.74 Å². The van der Waals surface area contributed by atoms with E-state index in [1.807, 2.05) is 12.1 Å². The monoisotopic (exact) mass is 415 g/mol. The second-order valence-corrected chi connectivity index (χ2v) is 8.60. The highest BCUT2D eigenvalue weighted by atomic mass is 32.1. The Kier molecular flexibility index (Phi) is 5.49. The smallest absolute Gasteiger partial charge is 0.124 e. The molecule has 1 aliphatic rings. The first-order chi connectivity index (χ1) is 14.8. The molecular formula is C25H25N3OS. The van der Waals surface area contributed by atoms with E-state index in [2.05, 4.69) is 71.3 Å². The molecule has 0 saturated carbocycles. The molecule has 1 aliphatic heterocycles. The molecular weight excluding hydrogens is 390 g/mol. The maximum absolute atomic E-state index is 5.72. The predicted molar refractivity (Wildman–Crippen MR) is 124 cm³/mol. The van der Waals surface area contributed by atoms with Gasteiger partial charge in [0, 0.05) is 29.8 Å². The van der Waals surface area contributed by atoms with Gasteiger partial charge in [0.15, 0.2) is 0 Å². The van der Waals surface area contributed by atoms with Crippen molar-refractivity contribution in [3.8, 4) is 16.3 Å². The first kappa shape index (κ1) is 19.2. The Labute approximate surface area is 180 Å². The van der Waals surface area contributed by atoms with Gasteiger partial charge in [0.05, 0.1) is 17.3 Å². The van der Waals surface area contributed by atoms with Gasteiger partial charge < -0.3 is 15.4 Å². The molecule has 4 aromatic rings. The van der Waals surface area contributed by atoms with Crippen LogP contribution in [0.15, 0.2) is 72.8 Å². The predicted octanol–water partition coefficient (Wildman–Crippen LogP) is 5.16. The van der Waals surface area contributed by atoms with E-state index in [9.17, 15) is 0 Å². The zero-order chi connectivity index (χ0) is 20.3. The van der Waals surface area contributed by atoms with E-state index < -0.39 is 0 Å². The van der Waals surface area contributed by atoms with Gasteiger partial charge in [0.2, 0.25) is 0 Å². The number of fused-ring (bicyclic) bond motifs is 1. The number of methoxy groups -OCH3 is 1. The molecule has 0 radical (unpaired) electrons. The zero-order valence-electron chi connectivity index (χ0n) is 17.0. The Morgan fingerprint density at radius 2 is 1.80 bits per heavy atom. The van der Waals surface area contributed by atoms with Crippen LogP contribution in [0.3, 0.4) is 0 Å². The second kappa shape index (κ2) is 8.56. The van der Waals surface area contributed by atoms with Gasteiger partial charge >= 0.3 is 0 Å². The van der Waals surface area contributed by atoms with Crippen LogP contribution < -0.4 is 15.4 Å². The van der Waals surface area contributed by atoms with Crippen molar-refractivity contribution in [1.29, 1.82) is 0 Å². The van der Waals surface area contributed by atoms with Crippen LogP contribution in [0, 0.1) is 0 Å². The van der Waals surface area contributed by atoms with Crippen molar-refractivity contribution in [2.24, 2.45) is 0 Å². The molecule has 3 aromatic carbocycles. The number of rotatable bonds is 6. The van der Waals surface area contributed by atoms with Gasteiger partial charge in [-0.1, -0.05) is 60.7 Å². The third-order valence-corrected chi connectivity index (χ3v) is 6.96. The summed E-state index contributed by atoms with van der Waals surface area (Å²) in [5.74, 6) is 0.917. The Morgan fingerprint density at radius 3 is 2.57 bits per heavy atom. The van der Waals surface area contributed by atoms with Gasteiger partial charge in [-0.2, -0.15) is 0 Å². The molecule has 152 valence electrons. The van der Waals surface area contributed by atoms with E-state index in [-0.39, 0.29) is 0 Å². The van der Waals surface area contributed by atoms with Crippen LogP contribution in [0.25, 0.3) is 20.8 Å². The average Bonchev–Trinajstić information content (AvgIpc) is 3.46. The van der Waals surface area contributed by atoms with Crippen molar-refractivity contribution in [3.05, 3.63) is 83.9 Å². The van der Waals surface area contributed by atoms with Crippen LogP contribution in [-0.2, 0) is 6.54 Å². The summed E-state index contributed by atoms with van der Waals surface area (Å²) in [5.41, 5.74) is 4.71. The fraction of sp³-hybridized carbons (Fsp3) is 0.240. The number of benzene rings is 3. The van der Waals surface area contributed by atoms with E-state index >= 15 is 0 Å². The highest BCUT2D eigenvalue weighted by Gasteiger charge is 2.28. The third kappa shape index (κ3) is 3.72. The Balaban J connectivity index is 1.44. The molecule has 5 rings (SSSR count). The van der Waals surface area contributed by atoms with Crippen LogP contribution in [0.2, 0.25) is 0 Å². The largest absolute Gasteiger partial charge is 0.496 e. The fourth-order valence-electron chi connectivity index (χ4n) is 4.26. The lowest BCUT2D eigenvalue weighted by molar-refractivity contribution is 0.403. The first-order valence-electron chi connectivity index (χ1n) is 10.4. The van der Waals surface area contributed by atoms with Crippen LogP contribution in [0.1, 0.15) is 23.6 Å². The number of nitrogens with zero attached hydrogens (tertiary/aromatic N) is 1. The first-order valence-corrected chi connectivity index (χ1v) is 11.2. The van der Waals surface area contributed by atoms with Crippen LogP contribution in [-0.4, -0.2) is 24.7 Å².